The van der Waals surface area contributed by atoms with Gasteiger partial charge >= 0.3 is 0 Å². The van der Waals surface area contributed by atoms with Gasteiger partial charge in [-0.25, -0.2) is 0 Å². The van der Waals surface area contributed by atoms with E-state index < -0.39 is 11.8 Å². The van der Waals surface area contributed by atoms with Gasteiger partial charge < -0.3 is 0 Å². The van der Waals surface area contributed by atoms with Gasteiger partial charge in [0.05, 0.1) is 5.92 Å². The van der Waals surface area contributed by atoms with Gasteiger partial charge in [-0.15, -0.1) is 5.06 Å². The molecule has 0 N–H and O–H groups in total. The van der Waals surface area contributed by atoms with Crippen molar-refractivity contribution in [3.05, 3.63) is 107 Å². The predicted octanol–water partition coefficient (Wildman–Crippen LogP) is 4.52. The van der Waals surface area contributed by atoms with E-state index >= 15 is 0 Å². The Bertz CT molecular complexity index is 969. The van der Waals surface area contributed by atoms with Gasteiger partial charge in [-0.3, -0.25) is 14.4 Å². The van der Waals surface area contributed by atoms with Crippen molar-refractivity contribution in [2.24, 2.45) is 0 Å². The highest BCUT2D eigenvalue weighted by Crippen LogP contribution is 2.33. The van der Waals surface area contributed by atoms with E-state index in [0.717, 1.165) is 22.6 Å². The number of amides is 2. The van der Waals surface area contributed by atoms with Gasteiger partial charge in [0.1, 0.15) is 6.61 Å². The summed E-state index contributed by atoms with van der Waals surface area (Å²) in [4.78, 5) is 31.6. The van der Waals surface area contributed by atoms with Crippen LogP contribution in [0.1, 0.15) is 39.4 Å². The van der Waals surface area contributed by atoms with Gasteiger partial charge in [-0.05, 0) is 35.6 Å². The highest BCUT2D eigenvalue weighted by atomic mass is 16.7. The third kappa shape index (κ3) is 3.73. The smallest absolute Gasteiger partial charge is 0.271 e. The minimum atomic E-state index is -0.398. The van der Waals surface area contributed by atoms with E-state index in [0.29, 0.717) is 12.0 Å². The second-order valence-electron chi connectivity index (χ2n) is 6.86. The maximum atomic E-state index is 13.1. The molecule has 0 saturated heterocycles. The molecule has 1 aliphatic rings. The number of benzene rings is 3. The van der Waals surface area contributed by atoms with Gasteiger partial charge in [0.25, 0.3) is 11.8 Å². The van der Waals surface area contributed by atoms with Crippen LogP contribution in [0.15, 0.2) is 84.9 Å². The molecule has 0 radical (unpaired) electrons. The molecule has 0 fully saturated rings. The molecule has 28 heavy (non-hydrogen) atoms. The maximum Gasteiger partial charge on any atom is 0.285 e. The molecule has 0 saturated carbocycles. The summed E-state index contributed by atoms with van der Waals surface area (Å²) in [5.74, 6) is -1.09. The van der Waals surface area contributed by atoms with Crippen LogP contribution in [-0.2, 0) is 22.7 Å². The zero-order valence-electron chi connectivity index (χ0n) is 15.5. The summed E-state index contributed by atoms with van der Waals surface area (Å²) in [5, 5.41) is 0.949. The first-order valence-corrected chi connectivity index (χ1v) is 9.42. The number of hydrogen-bond acceptors (Lipinski definition) is 3. The van der Waals surface area contributed by atoms with Crippen molar-refractivity contribution in [2.75, 3.05) is 0 Å². The van der Waals surface area contributed by atoms with Crippen molar-refractivity contribution in [2.45, 2.75) is 25.4 Å². The molecule has 140 valence electrons. The number of nitrogens with zero attached hydrogens (tertiary/aromatic N) is 1. The molecule has 4 heteroatoms. The summed E-state index contributed by atoms with van der Waals surface area (Å²) in [5.41, 5.74) is 3.39. The Labute approximate surface area is 164 Å². The maximum absolute atomic E-state index is 13.1. The summed E-state index contributed by atoms with van der Waals surface area (Å²) in [6.45, 7) is 0.173. The second kappa shape index (κ2) is 8.19. The Morgan fingerprint density at radius 1 is 0.750 bits per heavy atom. The second-order valence-corrected chi connectivity index (χ2v) is 6.86. The van der Waals surface area contributed by atoms with E-state index in [1.165, 1.54) is 5.56 Å². The van der Waals surface area contributed by atoms with Crippen LogP contribution in [0.5, 0.6) is 0 Å². The van der Waals surface area contributed by atoms with Crippen molar-refractivity contribution in [1.82, 2.24) is 5.06 Å². The number of fused-ring (bicyclic) bond motifs is 1. The number of rotatable bonds is 6. The van der Waals surface area contributed by atoms with Crippen LogP contribution in [-0.4, -0.2) is 16.9 Å². The van der Waals surface area contributed by atoms with Crippen LogP contribution in [0, 0.1) is 0 Å². The number of aryl methyl sites for hydroxylation is 1. The fraction of sp³-hybridized carbons (Fsp3) is 0.167. The summed E-state index contributed by atoms with van der Waals surface area (Å²) in [7, 11) is 0. The van der Waals surface area contributed by atoms with Gasteiger partial charge in [0.2, 0.25) is 0 Å². The Kier molecular flexibility index (Phi) is 5.31. The highest BCUT2D eigenvalue weighted by molar-refractivity contribution is 6.10. The third-order valence-corrected chi connectivity index (χ3v) is 5.02. The average molecular weight is 371 g/mol. The van der Waals surface area contributed by atoms with Gasteiger partial charge in [0, 0.05) is 5.56 Å². The molecule has 1 atom stereocenters. The number of imide groups is 1. The lowest BCUT2D eigenvalue weighted by molar-refractivity contribution is -0.176. The van der Waals surface area contributed by atoms with Crippen molar-refractivity contribution in [3.63, 3.8) is 0 Å². The lowest BCUT2D eigenvalue weighted by Crippen LogP contribution is -2.44. The van der Waals surface area contributed by atoms with Gasteiger partial charge in [0.15, 0.2) is 0 Å². The van der Waals surface area contributed by atoms with E-state index in [-0.39, 0.29) is 12.5 Å². The molecule has 4 rings (SSSR count). The summed E-state index contributed by atoms with van der Waals surface area (Å²) < 4.78 is 0. The van der Waals surface area contributed by atoms with Crippen molar-refractivity contribution in [3.8, 4) is 0 Å². The number of hydrogen-bond donors (Lipinski definition) is 0. The highest BCUT2D eigenvalue weighted by Gasteiger charge is 2.39. The molecule has 3 aromatic carbocycles. The van der Waals surface area contributed by atoms with Gasteiger partial charge in [-0.1, -0.05) is 78.9 Å². The predicted molar refractivity (Wildman–Crippen MR) is 106 cm³/mol. The van der Waals surface area contributed by atoms with Crippen LogP contribution in [0.3, 0.4) is 0 Å². The first kappa shape index (κ1) is 18.1. The minimum Gasteiger partial charge on any atom is -0.271 e. The fourth-order valence-electron chi connectivity index (χ4n) is 3.55. The number of carbonyl (C=O) groups is 2. The van der Waals surface area contributed by atoms with E-state index in [1.54, 1.807) is 6.07 Å². The Morgan fingerprint density at radius 2 is 1.36 bits per heavy atom. The first-order valence-electron chi connectivity index (χ1n) is 9.42. The molecule has 4 nitrogen and oxygen atoms in total. The van der Waals surface area contributed by atoms with Gasteiger partial charge in [-0.2, -0.15) is 0 Å². The molecule has 0 bridgehead atoms. The Hall–Kier alpha value is -3.24. The van der Waals surface area contributed by atoms with Crippen molar-refractivity contribution >= 4 is 11.8 Å². The molecule has 0 unspecified atom stereocenters. The van der Waals surface area contributed by atoms with Crippen molar-refractivity contribution in [1.29, 1.82) is 0 Å². The third-order valence-electron chi connectivity index (χ3n) is 5.02. The van der Waals surface area contributed by atoms with Crippen LogP contribution in [0.25, 0.3) is 0 Å². The topological polar surface area (TPSA) is 46.6 Å². The monoisotopic (exact) mass is 371 g/mol. The summed E-state index contributed by atoms with van der Waals surface area (Å²) in [6, 6.07) is 26.9. The first-order chi connectivity index (χ1) is 13.7. The molecule has 0 spiro atoms. The standard InChI is InChI=1S/C24H21NO3/c26-23-21-14-8-7-13-20(21)22(16-15-18-9-3-1-4-10-18)24(27)25(23)28-17-19-11-5-2-6-12-19/h1-14,22H,15-17H2/t22-/m0/s1. The zero-order valence-corrected chi connectivity index (χ0v) is 15.5. The Morgan fingerprint density at radius 3 is 2.07 bits per heavy atom. The minimum absolute atomic E-state index is 0.173. The van der Waals surface area contributed by atoms with E-state index in [4.69, 9.17) is 4.84 Å². The molecular formula is C24H21NO3. The van der Waals surface area contributed by atoms with E-state index in [1.807, 2.05) is 78.9 Å². The molecule has 2 amide bonds. The van der Waals surface area contributed by atoms with Crippen molar-refractivity contribution < 1.29 is 14.4 Å². The summed E-state index contributed by atoms with van der Waals surface area (Å²) >= 11 is 0. The fourth-order valence-corrected chi connectivity index (χ4v) is 3.55. The Balaban J connectivity index is 1.57. The quantitative estimate of drug-likeness (QED) is 0.599. The molecule has 3 aromatic rings. The van der Waals surface area contributed by atoms with Crippen LogP contribution < -0.4 is 0 Å². The number of carbonyl (C=O) groups excluding carboxylic acids is 2. The largest absolute Gasteiger partial charge is 0.285 e. The SMILES string of the molecule is O=C1c2ccccc2[C@H](CCc2ccccc2)C(=O)N1OCc1ccccc1. The lowest BCUT2D eigenvalue weighted by Gasteiger charge is -2.31. The summed E-state index contributed by atoms with van der Waals surface area (Å²) in [6.07, 6.45) is 1.38. The molecular weight excluding hydrogens is 350 g/mol. The molecule has 0 aromatic heterocycles. The van der Waals surface area contributed by atoms with E-state index in [2.05, 4.69) is 0 Å². The normalized spacial score (nSPS) is 16.1. The molecule has 1 heterocycles. The van der Waals surface area contributed by atoms with Crippen LogP contribution >= 0.6 is 0 Å². The molecule has 1 aliphatic heterocycles. The average Bonchev–Trinajstić information content (AvgIpc) is 2.75. The lowest BCUT2D eigenvalue weighted by atomic mass is 9.85. The number of hydroxylamine groups is 2. The van der Waals surface area contributed by atoms with Crippen LogP contribution in [0.4, 0.5) is 0 Å². The zero-order chi connectivity index (χ0) is 19.3. The molecule has 0 aliphatic carbocycles. The van der Waals surface area contributed by atoms with Crippen LogP contribution in [0.2, 0.25) is 0 Å². The van der Waals surface area contributed by atoms with E-state index in [9.17, 15) is 9.59 Å².